The Bertz CT molecular complexity index is 681. The van der Waals surface area contributed by atoms with Crippen molar-refractivity contribution in [1.82, 2.24) is 9.55 Å². The van der Waals surface area contributed by atoms with Gasteiger partial charge in [-0.15, -0.1) is 0 Å². The Balaban J connectivity index is 2.28. The number of Topliss-reactive ketones (excluding diaryl/α,β-unsaturated/α-hetero) is 1. The predicted molar refractivity (Wildman–Crippen MR) is 67.5 cm³/mol. The zero-order valence-corrected chi connectivity index (χ0v) is 10.1. The lowest BCUT2D eigenvalue weighted by molar-refractivity contribution is -0.124. The predicted octanol–water partition coefficient (Wildman–Crippen LogP) is 0.784. The maximum atomic E-state index is 11.4. The first-order valence-electron chi connectivity index (χ1n) is 5.45. The van der Waals surface area contributed by atoms with Gasteiger partial charge in [-0.05, 0) is 25.1 Å². The van der Waals surface area contributed by atoms with E-state index in [-0.39, 0.29) is 23.8 Å². The minimum atomic E-state index is -0.361. The molecule has 0 aliphatic heterocycles. The van der Waals surface area contributed by atoms with E-state index in [1.54, 1.807) is 25.2 Å². The van der Waals surface area contributed by atoms with E-state index >= 15 is 0 Å². The molecular formula is C12H13N3O3. The molecule has 0 unspecified atom stereocenters. The van der Waals surface area contributed by atoms with Crippen molar-refractivity contribution >= 4 is 28.4 Å². The number of rotatable bonds is 3. The van der Waals surface area contributed by atoms with E-state index in [2.05, 4.69) is 10.3 Å². The van der Waals surface area contributed by atoms with Gasteiger partial charge in [-0.1, -0.05) is 0 Å². The second-order valence-electron chi connectivity index (χ2n) is 4.15. The Morgan fingerprint density at radius 2 is 2.11 bits per heavy atom. The van der Waals surface area contributed by atoms with Crippen molar-refractivity contribution in [1.29, 1.82) is 0 Å². The highest BCUT2D eigenvalue weighted by Gasteiger charge is 2.07. The van der Waals surface area contributed by atoms with Crippen LogP contribution in [0.1, 0.15) is 13.3 Å². The number of aromatic nitrogens is 2. The van der Waals surface area contributed by atoms with Crippen LogP contribution in [-0.2, 0) is 16.6 Å². The molecular weight excluding hydrogens is 234 g/mol. The van der Waals surface area contributed by atoms with Crippen molar-refractivity contribution in [3.05, 3.63) is 28.7 Å². The lowest BCUT2D eigenvalue weighted by atomic mass is 10.2. The molecule has 1 heterocycles. The number of nitrogens with one attached hydrogen (secondary N) is 2. The number of hydrogen-bond donors (Lipinski definition) is 2. The SMILES string of the molecule is CC(=O)CC(=O)Nc1ccc2c(c1)[nH]c(=O)n2C. The number of aromatic amines is 1. The minimum absolute atomic E-state index is 0.149. The summed E-state index contributed by atoms with van der Waals surface area (Å²) in [6, 6.07) is 5.08. The summed E-state index contributed by atoms with van der Waals surface area (Å²) in [6.45, 7) is 1.36. The number of hydrogen-bond acceptors (Lipinski definition) is 3. The molecule has 0 radical (unpaired) electrons. The van der Waals surface area contributed by atoms with E-state index in [0.717, 1.165) is 5.52 Å². The lowest BCUT2D eigenvalue weighted by Crippen LogP contribution is -2.14. The lowest BCUT2D eigenvalue weighted by Gasteiger charge is -2.03. The van der Waals surface area contributed by atoms with E-state index in [4.69, 9.17) is 0 Å². The second kappa shape index (κ2) is 4.48. The zero-order valence-electron chi connectivity index (χ0n) is 10.1. The highest BCUT2D eigenvalue weighted by molar-refractivity contribution is 6.04. The molecule has 0 atom stereocenters. The van der Waals surface area contributed by atoms with Gasteiger partial charge in [0.1, 0.15) is 5.78 Å². The number of carbonyl (C=O) groups is 2. The number of aryl methyl sites for hydroxylation is 1. The van der Waals surface area contributed by atoms with Crippen LogP contribution in [0.4, 0.5) is 5.69 Å². The van der Waals surface area contributed by atoms with Gasteiger partial charge in [0, 0.05) is 12.7 Å². The fourth-order valence-electron chi connectivity index (χ4n) is 1.75. The zero-order chi connectivity index (χ0) is 13.3. The number of amides is 1. The Hall–Kier alpha value is -2.37. The van der Waals surface area contributed by atoms with Crippen LogP contribution < -0.4 is 11.0 Å². The van der Waals surface area contributed by atoms with Crippen molar-refractivity contribution in [2.75, 3.05) is 5.32 Å². The number of H-pyrrole nitrogens is 1. The quantitative estimate of drug-likeness (QED) is 0.786. The molecule has 1 aromatic carbocycles. The van der Waals surface area contributed by atoms with E-state index in [0.29, 0.717) is 11.2 Å². The second-order valence-corrected chi connectivity index (χ2v) is 4.15. The molecule has 2 aromatic rings. The van der Waals surface area contributed by atoms with Gasteiger partial charge in [0.05, 0.1) is 17.5 Å². The molecule has 2 N–H and O–H groups in total. The smallest absolute Gasteiger partial charge is 0.326 e. The molecule has 94 valence electrons. The molecule has 0 bridgehead atoms. The van der Waals surface area contributed by atoms with Gasteiger partial charge >= 0.3 is 5.69 Å². The average Bonchev–Trinajstić information content (AvgIpc) is 2.53. The number of anilines is 1. The molecule has 1 aromatic heterocycles. The maximum absolute atomic E-state index is 11.4. The first-order valence-corrected chi connectivity index (χ1v) is 5.45. The first-order chi connectivity index (χ1) is 8.47. The number of nitrogens with zero attached hydrogens (tertiary/aromatic N) is 1. The van der Waals surface area contributed by atoms with Crippen molar-refractivity contribution in [2.24, 2.45) is 7.05 Å². The van der Waals surface area contributed by atoms with Crippen molar-refractivity contribution in [2.45, 2.75) is 13.3 Å². The molecule has 0 saturated carbocycles. The number of benzene rings is 1. The van der Waals surface area contributed by atoms with E-state index in [9.17, 15) is 14.4 Å². The summed E-state index contributed by atoms with van der Waals surface area (Å²) in [5, 5.41) is 2.60. The van der Waals surface area contributed by atoms with Crippen LogP contribution in [0.3, 0.4) is 0 Å². The maximum Gasteiger partial charge on any atom is 0.326 e. The normalized spacial score (nSPS) is 10.6. The standard InChI is InChI=1S/C12H13N3O3/c1-7(16)5-11(17)13-8-3-4-10-9(6-8)14-12(18)15(10)2/h3-4,6H,5H2,1-2H3,(H,13,17)(H,14,18). The molecule has 0 aliphatic rings. The Labute approximate surface area is 103 Å². The van der Waals surface area contributed by atoms with Gasteiger partial charge in [0.2, 0.25) is 5.91 Å². The molecule has 0 fully saturated rings. The van der Waals surface area contributed by atoms with Crippen molar-refractivity contribution in [3.63, 3.8) is 0 Å². The Kier molecular flexibility index (Phi) is 3.01. The summed E-state index contributed by atoms with van der Waals surface area (Å²) >= 11 is 0. The summed E-state index contributed by atoms with van der Waals surface area (Å²) in [5.41, 5.74) is 1.74. The molecule has 18 heavy (non-hydrogen) atoms. The van der Waals surface area contributed by atoms with Gasteiger partial charge < -0.3 is 10.3 Å². The van der Waals surface area contributed by atoms with E-state index in [1.807, 2.05) is 0 Å². The topological polar surface area (TPSA) is 84.0 Å². The molecule has 6 nitrogen and oxygen atoms in total. The summed E-state index contributed by atoms with van der Waals surface area (Å²) < 4.78 is 1.48. The first kappa shape index (κ1) is 12.1. The largest absolute Gasteiger partial charge is 0.326 e. The number of fused-ring (bicyclic) bond motifs is 1. The van der Waals surface area contributed by atoms with Gasteiger partial charge in [-0.2, -0.15) is 0 Å². The van der Waals surface area contributed by atoms with Gasteiger partial charge in [-0.25, -0.2) is 4.79 Å². The third kappa shape index (κ3) is 2.32. The molecule has 1 amide bonds. The van der Waals surface area contributed by atoms with Crippen molar-refractivity contribution in [3.8, 4) is 0 Å². The number of ketones is 1. The monoisotopic (exact) mass is 247 g/mol. The number of imidazole rings is 1. The Morgan fingerprint density at radius 3 is 2.78 bits per heavy atom. The minimum Gasteiger partial charge on any atom is -0.326 e. The van der Waals surface area contributed by atoms with Crippen LogP contribution in [0.15, 0.2) is 23.0 Å². The fraction of sp³-hybridized carbons (Fsp3) is 0.250. The molecule has 2 rings (SSSR count). The molecule has 0 saturated heterocycles. The molecule has 6 heteroatoms. The van der Waals surface area contributed by atoms with E-state index < -0.39 is 0 Å². The van der Waals surface area contributed by atoms with Crippen LogP contribution in [0, 0.1) is 0 Å². The summed E-state index contributed by atoms with van der Waals surface area (Å²) in [5.74, 6) is -0.554. The van der Waals surface area contributed by atoms with Crippen molar-refractivity contribution < 1.29 is 9.59 Å². The average molecular weight is 247 g/mol. The van der Waals surface area contributed by atoms with E-state index in [1.165, 1.54) is 11.5 Å². The summed E-state index contributed by atoms with van der Waals surface area (Å²) in [7, 11) is 1.66. The molecule has 0 aliphatic carbocycles. The number of carbonyl (C=O) groups excluding carboxylic acids is 2. The van der Waals surface area contributed by atoms with Crippen LogP contribution in [0.25, 0.3) is 11.0 Å². The van der Waals surface area contributed by atoms with Crippen LogP contribution >= 0.6 is 0 Å². The van der Waals surface area contributed by atoms with Crippen LogP contribution in [0.2, 0.25) is 0 Å². The third-order valence-corrected chi connectivity index (χ3v) is 2.60. The third-order valence-electron chi connectivity index (χ3n) is 2.60. The van der Waals surface area contributed by atoms with Gasteiger partial charge in [0.15, 0.2) is 0 Å². The molecule has 0 spiro atoms. The summed E-state index contributed by atoms with van der Waals surface area (Å²) in [6.07, 6.45) is -0.149. The summed E-state index contributed by atoms with van der Waals surface area (Å²) in [4.78, 5) is 36.3. The Morgan fingerprint density at radius 1 is 1.39 bits per heavy atom. The van der Waals surface area contributed by atoms with Gasteiger partial charge in [0.25, 0.3) is 0 Å². The van der Waals surface area contributed by atoms with Crippen LogP contribution in [0.5, 0.6) is 0 Å². The van der Waals surface area contributed by atoms with Gasteiger partial charge in [-0.3, -0.25) is 14.2 Å². The van der Waals surface area contributed by atoms with Crippen LogP contribution in [-0.4, -0.2) is 21.2 Å². The highest BCUT2D eigenvalue weighted by atomic mass is 16.2. The highest BCUT2D eigenvalue weighted by Crippen LogP contribution is 2.15. The fourth-order valence-corrected chi connectivity index (χ4v) is 1.75.